The van der Waals surface area contributed by atoms with Gasteiger partial charge in [-0.15, -0.1) is 0 Å². The molecule has 7 heteroatoms. The van der Waals surface area contributed by atoms with Crippen molar-refractivity contribution in [3.05, 3.63) is 0 Å². The van der Waals surface area contributed by atoms with Gasteiger partial charge >= 0.3 is 9.05 Å². The Labute approximate surface area is 100 Å². The molecule has 0 atom stereocenters. The van der Waals surface area contributed by atoms with Crippen LogP contribution in [-0.2, 0) is 0 Å². The van der Waals surface area contributed by atoms with Gasteiger partial charge in [-0.1, -0.05) is 0 Å². The molecule has 4 N–H and O–H groups in total. The van der Waals surface area contributed by atoms with Crippen molar-refractivity contribution in [1.82, 2.24) is 0 Å². The molecule has 0 bridgehead atoms. The monoisotopic (exact) mass is 394 g/mol. The molecule has 0 aliphatic rings. The molecule has 0 unspecified atom stereocenters. The average Bonchev–Trinajstić information content (AvgIpc) is 0.722. The van der Waals surface area contributed by atoms with Crippen LogP contribution in [0.5, 0.6) is 0 Å². The molecular weight excluding hydrogens is 390 g/mol. The van der Waals surface area contributed by atoms with Gasteiger partial charge in [0.25, 0.3) is 0 Å². The van der Waals surface area contributed by atoms with E-state index in [0.717, 1.165) is 0 Å². The van der Waals surface area contributed by atoms with Crippen LogP contribution >= 0.6 is 0 Å². The van der Waals surface area contributed by atoms with Crippen LogP contribution in [0.1, 0.15) is 0 Å². The summed E-state index contributed by atoms with van der Waals surface area (Å²) in [4.78, 5) is 29.3. The van der Waals surface area contributed by atoms with Gasteiger partial charge in [-0.05, 0) is 0 Å². The van der Waals surface area contributed by atoms with Crippen LogP contribution in [-0.4, -0.2) is 28.2 Å². The van der Waals surface area contributed by atoms with Crippen LogP contribution in [0.3, 0.4) is 0 Å². The number of hydrogen-bond acceptors (Lipinski definition) is 4. The average molecular weight is 394 g/mol. The molecule has 2 radical (unpaired) electrons. The second-order valence-corrected chi connectivity index (χ2v) is 1.80. The molecule has 0 fully saturated rings. The third-order valence-corrected chi connectivity index (χ3v) is 0. The Morgan fingerprint density at radius 2 is 0.857 bits per heavy atom. The van der Waals surface area contributed by atoms with Crippen LogP contribution in [0.25, 0.3) is 0 Å². The summed E-state index contributed by atoms with van der Waals surface area (Å²) >= 11 is 0. The molecule has 7 heavy (non-hydrogen) atoms. The Morgan fingerprint density at radius 3 is 0.857 bits per heavy atom. The van der Waals surface area contributed by atoms with Gasteiger partial charge in [0.2, 0.25) is 0 Å². The molecule has 0 aliphatic heterocycles. The molecule has 44 valence electrons. The summed E-state index contributed by atoms with van der Waals surface area (Å²) in [5.74, 6) is 0. The number of rotatable bonds is 0. The Morgan fingerprint density at radius 1 is 0.857 bits per heavy atom. The Bertz CT molecular complexity index is 27.2. The first-order valence-corrected chi connectivity index (χ1v) is 2.68. The van der Waals surface area contributed by atoms with E-state index in [1.54, 1.807) is 0 Å². The van der Waals surface area contributed by atoms with Gasteiger partial charge in [-0.3, -0.25) is 0 Å². The summed E-state index contributed by atoms with van der Waals surface area (Å²) in [5, 5.41) is 0. The zero-order valence-electron chi connectivity index (χ0n) is 3.20. The molecule has 0 amide bonds. The minimum atomic E-state index is -4.61. The van der Waals surface area contributed by atoms with Gasteiger partial charge in [0.05, 0.1) is 0 Å². The zero-order chi connectivity index (χ0) is 4.50. The first-order valence-electron chi connectivity index (χ1n) is 0.894. The van der Waals surface area contributed by atoms with E-state index in [0.29, 0.717) is 0 Å². The van der Waals surface area contributed by atoms with E-state index in [1.165, 1.54) is 0 Å². The second kappa shape index (κ2) is 6.65. The van der Waals surface area contributed by atoms with Crippen LogP contribution in [0.4, 0.5) is 0 Å². The molecule has 0 spiro atoms. The van der Waals surface area contributed by atoms with Gasteiger partial charge in [-0.25, -0.2) is 0 Å². The number of hydrogen-bond donors (Lipinski definition) is 4. The van der Waals surface area contributed by atoms with E-state index in [2.05, 4.69) is 0 Å². The summed E-state index contributed by atoms with van der Waals surface area (Å²) in [6.45, 7) is 0. The maximum absolute atomic E-state index is 7.33. The summed E-state index contributed by atoms with van der Waals surface area (Å²) in [5.41, 5.74) is 0. The van der Waals surface area contributed by atoms with Crippen LogP contribution in [0.2, 0.25) is 0 Å². The van der Waals surface area contributed by atoms with Crippen molar-refractivity contribution in [1.29, 1.82) is 0 Å². The molecule has 0 aliphatic carbocycles. The van der Waals surface area contributed by atoms with Gasteiger partial charge in [0.1, 0.15) is 0 Å². The van der Waals surface area contributed by atoms with Crippen LogP contribution in [0, 0.1) is 74.2 Å². The molecule has 0 aromatic heterocycles. The fourth-order valence-corrected chi connectivity index (χ4v) is 0. The van der Waals surface area contributed by atoms with Crippen molar-refractivity contribution in [2.45, 2.75) is 0 Å². The maximum atomic E-state index is 7.33. The van der Waals surface area contributed by atoms with E-state index in [4.69, 9.17) is 19.2 Å². The minimum Gasteiger partial charge on any atom is -0.368 e. The van der Waals surface area contributed by atoms with E-state index in [9.17, 15) is 0 Å². The third-order valence-electron chi connectivity index (χ3n) is 0. The Hall–Kier alpha value is 2.54. The quantitative estimate of drug-likeness (QED) is 0.340. The summed E-state index contributed by atoms with van der Waals surface area (Å²) < 4.78 is 0. The van der Waals surface area contributed by atoms with E-state index in [-0.39, 0.29) is 74.2 Å². The first-order chi connectivity index (χ1) is 2.00. The Balaban J connectivity index is -0.0000000800. The summed E-state index contributed by atoms with van der Waals surface area (Å²) in [6, 6.07) is 0. The first kappa shape index (κ1) is 16.3. The minimum absolute atomic E-state index is 0. The van der Waals surface area contributed by atoms with Crippen molar-refractivity contribution in [2.24, 2.45) is 0 Å². The fourth-order valence-electron chi connectivity index (χ4n) is 0. The molecule has 0 heterocycles. The Kier molecular flexibility index (Phi) is 15.5. The third kappa shape index (κ3) is 56.7. The van der Waals surface area contributed by atoms with Crippen molar-refractivity contribution in [3.63, 3.8) is 0 Å². The zero-order valence-corrected chi connectivity index (χ0v) is 9.96. The van der Waals surface area contributed by atoms with Gasteiger partial charge in [0, 0.05) is 74.2 Å². The van der Waals surface area contributed by atoms with Crippen molar-refractivity contribution in [3.8, 4) is 0 Å². The van der Waals surface area contributed by atoms with E-state index >= 15 is 0 Å². The van der Waals surface area contributed by atoms with Crippen molar-refractivity contribution >= 4 is 9.05 Å². The smallest absolute Gasteiger partial charge is 0.368 e. The molecule has 0 aromatic rings. The molecule has 4 nitrogen and oxygen atoms in total. The predicted octanol–water partition coefficient (Wildman–Crippen LogP) is -2.61. The molecule has 0 saturated carbocycles. The largest absolute Gasteiger partial charge is 0.668 e. The fraction of sp³-hybridized carbons (Fsp3) is 0. The van der Waals surface area contributed by atoms with Gasteiger partial charge in [-0.2, -0.15) is 0 Å². The van der Waals surface area contributed by atoms with Gasteiger partial charge in [0.15, 0.2) is 0 Å². The van der Waals surface area contributed by atoms with Crippen molar-refractivity contribution in [2.75, 3.05) is 0 Å². The standard InChI is InChI=1S/La.H4O4Si.Tb/c;1-5(2,3)4;/h;1-4H;. The topological polar surface area (TPSA) is 80.9 Å². The van der Waals surface area contributed by atoms with Crippen LogP contribution < -0.4 is 0 Å². The predicted molar refractivity (Wildman–Crippen MR) is 14.6 cm³/mol. The molecule has 0 aromatic carbocycles. The van der Waals surface area contributed by atoms with Crippen LogP contribution in [0.15, 0.2) is 0 Å². The summed E-state index contributed by atoms with van der Waals surface area (Å²) in [7, 11) is -4.61. The second-order valence-electron chi connectivity index (χ2n) is 0.600. The van der Waals surface area contributed by atoms with E-state index in [1.807, 2.05) is 0 Å². The van der Waals surface area contributed by atoms with Crippen molar-refractivity contribution < 1.29 is 93.4 Å². The maximum Gasteiger partial charge on any atom is 0.668 e. The normalized spacial score (nSPS) is 8.57. The van der Waals surface area contributed by atoms with Gasteiger partial charge < -0.3 is 19.2 Å². The molecular formula is H4LaO4SiTb. The molecule has 0 saturated heterocycles. The van der Waals surface area contributed by atoms with E-state index < -0.39 is 9.05 Å². The molecule has 0 rings (SSSR count). The SMILES string of the molecule is O[Si](O)(O)O.[La].[Tb]. The summed E-state index contributed by atoms with van der Waals surface area (Å²) in [6.07, 6.45) is 0.